The summed E-state index contributed by atoms with van der Waals surface area (Å²) in [5.41, 5.74) is 0.560. The minimum atomic E-state index is -3.44. The van der Waals surface area contributed by atoms with Crippen LogP contribution in [0.1, 0.15) is 11.3 Å². The summed E-state index contributed by atoms with van der Waals surface area (Å²) in [7, 11) is -1.91. The molecule has 8 nitrogen and oxygen atoms in total. The third-order valence-electron chi connectivity index (χ3n) is 3.33. The average molecular weight is 324 g/mol. The first-order chi connectivity index (χ1) is 10.5. The average Bonchev–Trinajstić information content (AvgIpc) is 3.07. The van der Waals surface area contributed by atoms with Crippen LogP contribution in [0, 0.1) is 5.92 Å². The Morgan fingerprint density at radius 2 is 2.36 bits per heavy atom. The second-order valence-corrected chi connectivity index (χ2v) is 6.88. The number of fused-ring (bicyclic) bond motifs is 1. The highest BCUT2D eigenvalue weighted by molar-refractivity contribution is 7.92. The van der Waals surface area contributed by atoms with Gasteiger partial charge in [-0.25, -0.2) is 8.42 Å². The Balaban J connectivity index is 1.90. The van der Waals surface area contributed by atoms with Crippen molar-refractivity contribution in [3.05, 3.63) is 35.9 Å². The number of rotatable bonds is 5. The van der Waals surface area contributed by atoms with E-state index < -0.39 is 10.0 Å². The first-order valence-corrected chi connectivity index (χ1v) is 8.55. The van der Waals surface area contributed by atoms with Crippen LogP contribution in [0.5, 0.6) is 0 Å². The van der Waals surface area contributed by atoms with Gasteiger partial charge >= 0.3 is 0 Å². The number of hydrogen-bond donors (Lipinski definition) is 1. The lowest BCUT2D eigenvalue weighted by atomic mass is 9.93. The van der Waals surface area contributed by atoms with E-state index in [2.05, 4.69) is 15.0 Å². The van der Waals surface area contributed by atoms with Crippen molar-refractivity contribution in [1.82, 2.24) is 14.9 Å². The van der Waals surface area contributed by atoms with E-state index in [1.807, 2.05) is 23.0 Å². The summed E-state index contributed by atoms with van der Waals surface area (Å²) >= 11 is 0. The Morgan fingerprint density at radius 1 is 1.55 bits per heavy atom. The first-order valence-electron chi connectivity index (χ1n) is 6.66. The molecule has 2 aromatic heterocycles. The molecule has 0 fully saturated rings. The first kappa shape index (κ1) is 14.6. The lowest BCUT2D eigenvalue weighted by molar-refractivity contribution is 0.333. The second-order valence-electron chi connectivity index (χ2n) is 5.13. The summed E-state index contributed by atoms with van der Waals surface area (Å²) in [4.78, 5) is 0. The maximum absolute atomic E-state index is 11.4. The molecule has 0 radical (unpaired) electrons. The number of nitrogens with zero attached hydrogens (tertiary/aromatic N) is 3. The van der Waals surface area contributed by atoms with Crippen molar-refractivity contribution < 1.29 is 17.7 Å². The molecule has 3 rings (SSSR count). The number of methoxy groups -OCH3 is 1. The van der Waals surface area contributed by atoms with Gasteiger partial charge in [-0.3, -0.25) is 9.40 Å². The number of hydrogen-bond acceptors (Lipinski definition) is 6. The van der Waals surface area contributed by atoms with E-state index in [0.717, 1.165) is 6.26 Å². The molecule has 1 unspecified atom stereocenters. The van der Waals surface area contributed by atoms with Crippen LogP contribution in [-0.4, -0.2) is 36.7 Å². The quantitative estimate of drug-likeness (QED) is 0.884. The van der Waals surface area contributed by atoms with Crippen LogP contribution < -0.4 is 4.72 Å². The largest absolute Gasteiger partial charge is 0.496 e. The van der Waals surface area contributed by atoms with Gasteiger partial charge in [0.2, 0.25) is 10.0 Å². The summed E-state index contributed by atoms with van der Waals surface area (Å²) in [6.45, 7) is 0.675. The zero-order valence-corrected chi connectivity index (χ0v) is 13.0. The fourth-order valence-electron chi connectivity index (χ4n) is 2.49. The van der Waals surface area contributed by atoms with E-state index in [1.165, 1.54) is 7.11 Å². The molecule has 118 valence electrons. The fraction of sp³-hybridized carbons (Fsp3) is 0.385. The Labute approximate surface area is 127 Å². The van der Waals surface area contributed by atoms with E-state index >= 15 is 0 Å². The van der Waals surface area contributed by atoms with Crippen molar-refractivity contribution in [2.45, 2.75) is 13.0 Å². The van der Waals surface area contributed by atoms with Gasteiger partial charge in [0, 0.05) is 31.3 Å². The van der Waals surface area contributed by atoms with Crippen molar-refractivity contribution in [1.29, 1.82) is 0 Å². The monoisotopic (exact) mass is 324 g/mol. The predicted molar refractivity (Wildman–Crippen MR) is 79.4 cm³/mol. The maximum atomic E-state index is 11.4. The molecule has 0 bridgehead atoms. The van der Waals surface area contributed by atoms with Gasteiger partial charge < -0.3 is 9.26 Å². The molecule has 0 aromatic carbocycles. The Kier molecular flexibility index (Phi) is 3.65. The number of allylic oxidation sites excluding steroid dienone is 1. The normalized spacial score (nSPS) is 17.7. The van der Waals surface area contributed by atoms with E-state index in [4.69, 9.17) is 9.26 Å². The zero-order chi connectivity index (χ0) is 15.7. The number of anilines is 1. The maximum Gasteiger partial charge on any atom is 0.231 e. The Hall–Kier alpha value is -2.29. The van der Waals surface area contributed by atoms with Gasteiger partial charge in [-0.2, -0.15) is 5.10 Å². The van der Waals surface area contributed by atoms with Crippen molar-refractivity contribution in [2.75, 3.05) is 18.1 Å². The Morgan fingerprint density at radius 3 is 3.00 bits per heavy atom. The van der Waals surface area contributed by atoms with Crippen molar-refractivity contribution in [3.63, 3.8) is 0 Å². The highest BCUT2D eigenvalue weighted by Gasteiger charge is 2.29. The lowest BCUT2D eigenvalue weighted by Crippen LogP contribution is -2.17. The van der Waals surface area contributed by atoms with Gasteiger partial charge in [-0.1, -0.05) is 5.16 Å². The van der Waals surface area contributed by atoms with Gasteiger partial charge in [0.1, 0.15) is 11.3 Å². The van der Waals surface area contributed by atoms with Crippen LogP contribution in [-0.2, 0) is 27.7 Å². The molecule has 0 spiro atoms. The van der Waals surface area contributed by atoms with E-state index in [0.29, 0.717) is 30.0 Å². The SMILES string of the molecule is COC1=CC(Cn2cccn2)Cc2onc(NS(C)(=O)=O)c21. The molecular weight excluding hydrogens is 308 g/mol. The highest BCUT2D eigenvalue weighted by atomic mass is 32.2. The molecule has 1 N–H and O–H groups in total. The van der Waals surface area contributed by atoms with Crippen molar-refractivity contribution in [3.8, 4) is 0 Å². The molecule has 0 saturated heterocycles. The third-order valence-corrected chi connectivity index (χ3v) is 3.89. The fourth-order valence-corrected chi connectivity index (χ4v) is 2.98. The smallest absolute Gasteiger partial charge is 0.231 e. The Bertz CT molecular complexity index is 792. The number of nitrogens with one attached hydrogen (secondary N) is 1. The standard InChI is InChI=1S/C13H16N4O4S/c1-20-10-6-9(8-17-5-3-4-14-17)7-11-12(10)13(15-21-11)16-22(2,18)19/h3-6,9H,7-8H2,1-2H3,(H,15,16). The third kappa shape index (κ3) is 2.98. The molecule has 1 aliphatic rings. The molecule has 0 aliphatic heterocycles. The summed E-state index contributed by atoms with van der Waals surface area (Å²) in [5, 5.41) is 7.98. The number of ether oxygens (including phenoxy) is 1. The van der Waals surface area contributed by atoms with Gasteiger partial charge in [-0.15, -0.1) is 0 Å². The number of sulfonamides is 1. The van der Waals surface area contributed by atoms with E-state index in [1.54, 1.807) is 6.20 Å². The molecule has 0 amide bonds. The molecule has 2 aromatic rings. The summed E-state index contributed by atoms with van der Waals surface area (Å²) < 4.78 is 37.6. The van der Waals surface area contributed by atoms with E-state index in [9.17, 15) is 8.42 Å². The molecule has 1 aliphatic carbocycles. The summed E-state index contributed by atoms with van der Waals surface area (Å²) in [6, 6.07) is 1.86. The van der Waals surface area contributed by atoms with Crippen LogP contribution in [0.3, 0.4) is 0 Å². The van der Waals surface area contributed by atoms with Gasteiger partial charge in [0.15, 0.2) is 11.6 Å². The summed E-state index contributed by atoms with van der Waals surface area (Å²) in [6.07, 6.45) is 7.20. The van der Waals surface area contributed by atoms with Crippen LogP contribution >= 0.6 is 0 Å². The summed E-state index contributed by atoms with van der Waals surface area (Å²) in [5.74, 6) is 1.43. The minimum Gasteiger partial charge on any atom is -0.496 e. The van der Waals surface area contributed by atoms with Crippen LogP contribution in [0.4, 0.5) is 5.82 Å². The number of aromatic nitrogens is 3. The predicted octanol–water partition coefficient (Wildman–Crippen LogP) is 1.10. The molecule has 9 heteroatoms. The van der Waals surface area contributed by atoms with Crippen molar-refractivity contribution in [2.24, 2.45) is 5.92 Å². The minimum absolute atomic E-state index is 0.126. The van der Waals surface area contributed by atoms with Gasteiger partial charge in [-0.05, 0) is 12.1 Å². The molecule has 2 heterocycles. The second kappa shape index (κ2) is 5.48. The lowest BCUT2D eigenvalue weighted by Gasteiger charge is -2.19. The van der Waals surface area contributed by atoms with Crippen LogP contribution in [0.25, 0.3) is 5.76 Å². The molecular formula is C13H16N4O4S. The molecule has 0 saturated carbocycles. The van der Waals surface area contributed by atoms with Gasteiger partial charge in [0.25, 0.3) is 0 Å². The topological polar surface area (TPSA) is 99.2 Å². The van der Waals surface area contributed by atoms with Crippen LogP contribution in [0.15, 0.2) is 29.1 Å². The van der Waals surface area contributed by atoms with Gasteiger partial charge in [0.05, 0.1) is 13.4 Å². The molecule has 22 heavy (non-hydrogen) atoms. The zero-order valence-electron chi connectivity index (χ0n) is 12.2. The molecule has 1 atom stereocenters. The van der Waals surface area contributed by atoms with Crippen LogP contribution in [0.2, 0.25) is 0 Å². The van der Waals surface area contributed by atoms with Crippen molar-refractivity contribution >= 4 is 21.6 Å². The highest BCUT2D eigenvalue weighted by Crippen LogP contribution is 2.35. The van der Waals surface area contributed by atoms with E-state index in [-0.39, 0.29) is 11.7 Å².